The predicted octanol–water partition coefficient (Wildman–Crippen LogP) is 5.81. The Labute approximate surface area is 181 Å². The molecule has 1 atom stereocenters. The number of nitrogens with zero attached hydrogens (tertiary/aromatic N) is 1. The SMILES string of the molecule is COC(=O)C(CC1CC1)c1ccc(-c2cc(Cl)ccc2NC(=O)OC(C)(C)C)cn1. The van der Waals surface area contributed by atoms with Crippen molar-refractivity contribution in [2.45, 2.75) is 51.6 Å². The van der Waals surface area contributed by atoms with Gasteiger partial charge in [0.1, 0.15) is 5.60 Å². The van der Waals surface area contributed by atoms with E-state index in [4.69, 9.17) is 21.1 Å². The average Bonchev–Trinajstić information content (AvgIpc) is 3.50. The van der Waals surface area contributed by atoms with Crippen molar-refractivity contribution in [2.75, 3.05) is 12.4 Å². The van der Waals surface area contributed by atoms with Gasteiger partial charge >= 0.3 is 12.1 Å². The van der Waals surface area contributed by atoms with Crippen LogP contribution in [0.4, 0.5) is 10.5 Å². The van der Waals surface area contributed by atoms with Gasteiger partial charge in [-0.2, -0.15) is 0 Å². The van der Waals surface area contributed by atoms with Gasteiger partial charge < -0.3 is 9.47 Å². The van der Waals surface area contributed by atoms with Gasteiger partial charge in [-0.15, -0.1) is 0 Å². The molecular formula is C23H27ClN2O4. The first-order chi connectivity index (χ1) is 14.2. The standard InChI is InChI=1S/C23H27ClN2O4/c1-23(2,3)30-22(28)26-20-10-8-16(24)12-17(20)15-7-9-19(25-13-15)18(21(27)29-4)11-14-5-6-14/h7-10,12-14,18H,5-6,11H2,1-4H3,(H,26,28). The van der Waals surface area contributed by atoms with Gasteiger partial charge in [-0.25, -0.2) is 4.79 Å². The molecule has 1 fully saturated rings. The molecule has 0 aliphatic heterocycles. The highest BCUT2D eigenvalue weighted by Gasteiger charge is 2.31. The summed E-state index contributed by atoms with van der Waals surface area (Å²) in [5.74, 6) is -0.0689. The zero-order chi connectivity index (χ0) is 21.9. The number of halogens is 1. The second-order valence-corrected chi connectivity index (χ2v) is 8.98. The Hall–Kier alpha value is -2.60. The lowest BCUT2D eigenvalue weighted by molar-refractivity contribution is -0.142. The molecule has 2 aromatic rings. The Bertz CT molecular complexity index is 918. The van der Waals surface area contributed by atoms with Crippen molar-refractivity contribution < 1.29 is 19.1 Å². The van der Waals surface area contributed by atoms with Crippen LogP contribution < -0.4 is 5.32 Å². The van der Waals surface area contributed by atoms with E-state index in [2.05, 4.69) is 10.3 Å². The van der Waals surface area contributed by atoms with E-state index in [9.17, 15) is 9.59 Å². The van der Waals surface area contributed by atoms with E-state index in [1.807, 2.05) is 12.1 Å². The highest BCUT2D eigenvalue weighted by Crippen LogP contribution is 2.39. The molecule has 0 saturated heterocycles. The van der Waals surface area contributed by atoms with Crippen LogP contribution in [0.1, 0.15) is 51.6 Å². The van der Waals surface area contributed by atoms with Gasteiger partial charge in [-0.05, 0) is 57.4 Å². The lowest BCUT2D eigenvalue weighted by atomic mass is 9.96. The van der Waals surface area contributed by atoms with E-state index in [0.717, 1.165) is 24.8 Å². The lowest BCUT2D eigenvalue weighted by Crippen LogP contribution is -2.27. The van der Waals surface area contributed by atoms with E-state index >= 15 is 0 Å². The minimum absolute atomic E-state index is 0.266. The second kappa shape index (κ2) is 9.04. The number of ether oxygens (including phenoxy) is 2. The Morgan fingerprint density at radius 3 is 2.53 bits per heavy atom. The fourth-order valence-corrected chi connectivity index (χ4v) is 3.39. The second-order valence-electron chi connectivity index (χ2n) is 8.54. The number of rotatable bonds is 6. The fraction of sp³-hybridized carbons (Fsp3) is 0.435. The first kappa shape index (κ1) is 22.1. The molecule has 1 heterocycles. The van der Waals surface area contributed by atoms with Crippen molar-refractivity contribution in [3.8, 4) is 11.1 Å². The largest absolute Gasteiger partial charge is 0.469 e. The van der Waals surface area contributed by atoms with Crippen molar-refractivity contribution >= 4 is 29.4 Å². The van der Waals surface area contributed by atoms with Crippen LogP contribution in [0.25, 0.3) is 11.1 Å². The monoisotopic (exact) mass is 430 g/mol. The van der Waals surface area contributed by atoms with Crippen LogP contribution in [-0.2, 0) is 14.3 Å². The number of amides is 1. The summed E-state index contributed by atoms with van der Waals surface area (Å²) < 4.78 is 10.3. The number of hydrogen-bond acceptors (Lipinski definition) is 5. The quantitative estimate of drug-likeness (QED) is 0.585. The number of pyridine rings is 1. The third kappa shape index (κ3) is 5.95. The molecule has 0 spiro atoms. The zero-order valence-electron chi connectivity index (χ0n) is 17.7. The Balaban J connectivity index is 1.85. The number of nitrogens with one attached hydrogen (secondary N) is 1. The van der Waals surface area contributed by atoms with Gasteiger partial charge in [0, 0.05) is 22.3 Å². The molecule has 160 valence electrons. The molecule has 1 saturated carbocycles. The molecule has 1 N–H and O–H groups in total. The topological polar surface area (TPSA) is 77.5 Å². The first-order valence-corrected chi connectivity index (χ1v) is 10.4. The maximum atomic E-state index is 12.2. The van der Waals surface area contributed by atoms with Crippen LogP contribution in [0.3, 0.4) is 0 Å². The minimum atomic E-state index is -0.607. The third-order valence-electron chi connectivity index (χ3n) is 4.82. The number of methoxy groups -OCH3 is 1. The third-order valence-corrected chi connectivity index (χ3v) is 5.06. The Morgan fingerprint density at radius 1 is 1.23 bits per heavy atom. The molecule has 1 amide bonds. The summed E-state index contributed by atoms with van der Waals surface area (Å²) in [4.78, 5) is 29.0. The number of carbonyl (C=O) groups is 2. The van der Waals surface area contributed by atoms with Crippen molar-refractivity contribution in [1.29, 1.82) is 0 Å². The molecule has 7 heteroatoms. The van der Waals surface area contributed by atoms with Gasteiger partial charge in [0.25, 0.3) is 0 Å². The highest BCUT2D eigenvalue weighted by molar-refractivity contribution is 6.31. The van der Waals surface area contributed by atoms with E-state index < -0.39 is 11.7 Å². The predicted molar refractivity (Wildman–Crippen MR) is 117 cm³/mol. The summed E-state index contributed by atoms with van der Waals surface area (Å²) in [6.45, 7) is 5.41. The van der Waals surface area contributed by atoms with Gasteiger partial charge in [-0.1, -0.05) is 30.5 Å². The summed E-state index contributed by atoms with van der Waals surface area (Å²) in [7, 11) is 1.40. The number of aromatic nitrogens is 1. The normalized spacial score (nSPS) is 14.7. The smallest absolute Gasteiger partial charge is 0.412 e. The number of esters is 1. The van der Waals surface area contributed by atoms with Crippen molar-refractivity contribution in [2.24, 2.45) is 5.92 Å². The summed E-state index contributed by atoms with van der Waals surface area (Å²) >= 11 is 6.19. The molecular weight excluding hydrogens is 404 g/mol. The average molecular weight is 431 g/mol. The van der Waals surface area contributed by atoms with E-state index in [1.165, 1.54) is 7.11 Å². The van der Waals surface area contributed by atoms with E-state index in [-0.39, 0.29) is 11.9 Å². The fourth-order valence-electron chi connectivity index (χ4n) is 3.22. The molecule has 1 aliphatic rings. The van der Waals surface area contributed by atoms with Gasteiger partial charge in [-0.3, -0.25) is 15.1 Å². The number of carbonyl (C=O) groups excluding carboxylic acids is 2. The summed E-state index contributed by atoms with van der Waals surface area (Å²) in [5.41, 5.74) is 2.11. The van der Waals surface area contributed by atoms with Crippen LogP contribution >= 0.6 is 11.6 Å². The first-order valence-electron chi connectivity index (χ1n) is 10.00. The van der Waals surface area contributed by atoms with Gasteiger partial charge in [0.15, 0.2) is 0 Å². The molecule has 1 aromatic heterocycles. The summed E-state index contributed by atoms with van der Waals surface area (Å²) in [6, 6.07) is 8.88. The Kier molecular flexibility index (Phi) is 6.66. The van der Waals surface area contributed by atoms with E-state index in [1.54, 1.807) is 45.2 Å². The zero-order valence-corrected chi connectivity index (χ0v) is 18.5. The van der Waals surface area contributed by atoms with Crippen LogP contribution in [0.2, 0.25) is 5.02 Å². The van der Waals surface area contributed by atoms with Crippen LogP contribution in [0.15, 0.2) is 36.5 Å². The van der Waals surface area contributed by atoms with Crippen molar-refractivity contribution in [1.82, 2.24) is 4.98 Å². The number of benzene rings is 1. The number of hydrogen-bond donors (Lipinski definition) is 1. The van der Waals surface area contributed by atoms with Gasteiger partial charge in [0.05, 0.1) is 24.4 Å². The van der Waals surface area contributed by atoms with Gasteiger partial charge in [0.2, 0.25) is 0 Å². The molecule has 1 aromatic carbocycles. The molecule has 1 aliphatic carbocycles. The van der Waals surface area contributed by atoms with E-state index in [0.29, 0.717) is 27.9 Å². The van der Waals surface area contributed by atoms with Crippen LogP contribution in [0, 0.1) is 5.92 Å². The summed E-state index contributed by atoms with van der Waals surface area (Å²) in [5, 5.41) is 3.30. The number of anilines is 1. The molecule has 3 rings (SSSR count). The van der Waals surface area contributed by atoms with Crippen LogP contribution in [-0.4, -0.2) is 29.8 Å². The molecule has 0 radical (unpaired) electrons. The van der Waals surface area contributed by atoms with Crippen molar-refractivity contribution in [3.63, 3.8) is 0 Å². The highest BCUT2D eigenvalue weighted by atomic mass is 35.5. The van der Waals surface area contributed by atoms with Crippen LogP contribution in [0.5, 0.6) is 0 Å². The molecule has 6 nitrogen and oxygen atoms in total. The lowest BCUT2D eigenvalue weighted by Gasteiger charge is -2.20. The van der Waals surface area contributed by atoms with Crippen molar-refractivity contribution in [3.05, 3.63) is 47.2 Å². The summed E-state index contributed by atoms with van der Waals surface area (Å²) in [6.07, 6.45) is 4.18. The minimum Gasteiger partial charge on any atom is -0.469 e. The Morgan fingerprint density at radius 2 is 1.97 bits per heavy atom. The molecule has 0 bridgehead atoms. The molecule has 1 unspecified atom stereocenters. The molecule has 30 heavy (non-hydrogen) atoms. The maximum absolute atomic E-state index is 12.2. The maximum Gasteiger partial charge on any atom is 0.412 e.